The second-order valence-electron chi connectivity index (χ2n) is 6.56. The molecule has 0 radical (unpaired) electrons. The van der Waals surface area contributed by atoms with Crippen molar-refractivity contribution < 1.29 is 9.59 Å². The van der Waals surface area contributed by atoms with Crippen molar-refractivity contribution in [3.63, 3.8) is 0 Å². The summed E-state index contributed by atoms with van der Waals surface area (Å²) < 4.78 is 0.907. The number of amides is 2. The highest BCUT2D eigenvalue weighted by Gasteiger charge is 2.24. The predicted octanol–water partition coefficient (Wildman–Crippen LogP) is 3.04. The molecule has 3 aromatic rings. The van der Waals surface area contributed by atoms with Crippen LogP contribution < -0.4 is 11.1 Å². The fraction of sp³-hybridized carbons (Fsp3) is 0.211. The van der Waals surface area contributed by atoms with Crippen LogP contribution in [-0.4, -0.2) is 32.0 Å². The molecule has 144 valence electrons. The van der Waals surface area contributed by atoms with Crippen LogP contribution in [0.1, 0.15) is 30.2 Å². The van der Waals surface area contributed by atoms with Crippen LogP contribution in [0, 0.1) is 5.92 Å². The van der Waals surface area contributed by atoms with Crippen LogP contribution >= 0.6 is 15.9 Å². The lowest BCUT2D eigenvalue weighted by atomic mass is 10.1. The molecule has 1 heterocycles. The number of benzene rings is 2. The average Bonchev–Trinajstić information content (AvgIpc) is 3.11. The number of primary amides is 1. The number of anilines is 1. The molecule has 0 aliphatic rings. The molecule has 0 spiro atoms. The van der Waals surface area contributed by atoms with Gasteiger partial charge in [-0.05, 0) is 59.7 Å². The number of nitrogens with zero attached hydrogens (tertiary/aromatic N) is 4. The lowest BCUT2D eigenvalue weighted by molar-refractivity contribution is -0.123. The van der Waals surface area contributed by atoms with Crippen LogP contribution in [0.15, 0.2) is 53.0 Å². The third kappa shape index (κ3) is 4.42. The van der Waals surface area contributed by atoms with Crippen molar-refractivity contribution in [3.05, 3.63) is 58.6 Å². The van der Waals surface area contributed by atoms with Gasteiger partial charge in [0.2, 0.25) is 11.7 Å². The van der Waals surface area contributed by atoms with Gasteiger partial charge in [-0.2, -0.15) is 4.80 Å². The second-order valence-corrected chi connectivity index (χ2v) is 7.48. The summed E-state index contributed by atoms with van der Waals surface area (Å²) in [4.78, 5) is 25.1. The van der Waals surface area contributed by atoms with Gasteiger partial charge < -0.3 is 11.1 Å². The first-order valence-electron chi connectivity index (χ1n) is 8.61. The zero-order valence-electron chi connectivity index (χ0n) is 15.3. The maximum absolute atomic E-state index is 12.3. The van der Waals surface area contributed by atoms with Gasteiger partial charge in [0, 0.05) is 21.3 Å². The Balaban J connectivity index is 1.73. The van der Waals surface area contributed by atoms with Gasteiger partial charge in [0.05, 0.1) is 0 Å². The number of aromatic nitrogens is 4. The zero-order chi connectivity index (χ0) is 20.3. The molecule has 0 saturated carbocycles. The molecular weight excluding hydrogens is 424 g/mol. The van der Waals surface area contributed by atoms with Crippen molar-refractivity contribution in [1.29, 1.82) is 0 Å². The summed E-state index contributed by atoms with van der Waals surface area (Å²) in [5.41, 5.74) is 7.34. The van der Waals surface area contributed by atoms with Crippen LogP contribution in [0.3, 0.4) is 0 Å². The van der Waals surface area contributed by atoms with E-state index in [2.05, 4.69) is 36.7 Å². The Kier molecular flexibility index (Phi) is 5.84. The van der Waals surface area contributed by atoms with Gasteiger partial charge >= 0.3 is 0 Å². The van der Waals surface area contributed by atoms with Gasteiger partial charge in [-0.15, -0.1) is 10.2 Å². The number of nitrogens with one attached hydrogen (secondary N) is 1. The molecule has 0 fully saturated rings. The van der Waals surface area contributed by atoms with Gasteiger partial charge in [0.1, 0.15) is 0 Å². The molecule has 0 bridgehead atoms. The van der Waals surface area contributed by atoms with Crippen molar-refractivity contribution in [2.24, 2.45) is 11.7 Å². The van der Waals surface area contributed by atoms with Gasteiger partial charge in [-0.25, -0.2) is 0 Å². The molecule has 0 saturated heterocycles. The molecule has 2 aromatic carbocycles. The summed E-state index contributed by atoms with van der Waals surface area (Å²) in [6, 6.07) is 13.5. The largest absolute Gasteiger partial charge is 0.368 e. The Morgan fingerprint density at radius 1 is 1.07 bits per heavy atom. The maximum Gasteiger partial charge on any atom is 0.255 e. The number of halogens is 1. The SMILES string of the molecule is CC(C)C(C(N)=O)n1nnc(-c2ccc(NC(=O)c3ccc(Br)cc3)cc2)n1. The standard InChI is InChI=1S/C19H19BrN6O2/c1-11(2)16(17(21)27)26-24-18(23-25-26)12-5-9-15(10-6-12)22-19(28)13-3-7-14(20)8-4-13/h3-11,16H,1-2H3,(H2,21,27)(H,22,28). The van der Waals surface area contributed by atoms with E-state index in [4.69, 9.17) is 5.73 Å². The number of hydrogen-bond donors (Lipinski definition) is 2. The maximum atomic E-state index is 12.3. The van der Waals surface area contributed by atoms with Crippen LogP contribution in [-0.2, 0) is 4.79 Å². The summed E-state index contributed by atoms with van der Waals surface area (Å²) in [6.07, 6.45) is 0. The Hall–Kier alpha value is -3.07. The van der Waals surface area contributed by atoms with Crippen molar-refractivity contribution in [3.8, 4) is 11.4 Å². The van der Waals surface area contributed by atoms with E-state index in [0.29, 0.717) is 22.6 Å². The molecular formula is C19H19BrN6O2. The summed E-state index contributed by atoms with van der Waals surface area (Å²) in [5, 5.41) is 15.1. The van der Waals surface area contributed by atoms with E-state index in [1.165, 1.54) is 4.80 Å². The number of hydrogen-bond acceptors (Lipinski definition) is 5. The molecule has 0 aliphatic carbocycles. The lowest BCUT2D eigenvalue weighted by Gasteiger charge is -2.14. The van der Waals surface area contributed by atoms with Crippen LogP contribution in [0.25, 0.3) is 11.4 Å². The first-order valence-corrected chi connectivity index (χ1v) is 9.40. The summed E-state index contributed by atoms with van der Waals surface area (Å²) in [5.74, 6) is -0.399. The normalized spacial score (nSPS) is 12.0. The van der Waals surface area contributed by atoms with Crippen LogP contribution in [0.2, 0.25) is 0 Å². The molecule has 8 nitrogen and oxygen atoms in total. The van der Waals surface area contributed by atoms with Crippen molar-refractivity contribution in [2.45, 2.75) is 19.9 Å². The van der Waals surface area contributed by atoms with Crippen molar-refractivity contribution >= 4 is 33.4 Å². The fourth-order valence-electron chi connectivity index (χ4n) is 2.67. The topological polar surface area (TPSA) is 116 Å². The quantitative estimate of drug-likeness (QED) is 0.608. The number of nitrogens with two attached hydrogens (primary N) is 1. The van der Waals surface area contributed by atoms with Gasteiger partial charge in [0.15, 0.2) is 6.04 Å². The Bertz CT molecular complexity index is 982. The minimum Gasteiger partial charge on any atom is -0.368 e. The molecule has 1 unspecified atom stereocenters. The lowest BCUT2D eigenvalue weighted by Crippen LogP contribution is -2.32. The molecule has 0 aliphatic heterocycles. The van der Waals surface area contributed by atoms with E-state index < -0.39 is 11.9 Å². The molecule has 1 aromatic heterocycles. The molecule has 3 rings (SSSR count). The first-order chi connectivity index (χ1) is 13.3. The average molecular weight is 443 g/mol. The highest BCUT2D eigenvalue weighted by Crippen LogP contribution is 2.20. The van der Waals surface area contributed by atoms with Crippen LogP contribution in [0.4, 0.5) is 5.69 Å². The van der Waals surface area contributed by atoms with Gasteiger partial charge in [0.25, 0.3) is 5.91 Å². The Morgan fingerprint density at radius 2 is 1.71 bits per heavy atom. The van der Waals surface area contributed by atoms with E-state index in [-0.39, 0.29) is 11.8 Å². The third-order valence-electron chi connectivity index (χ3n) is 4.11. The highest BCUT2D eigenvalue weighted by atomic mass is 79.9. The zero-order valence-corrected chi connectivity index (χ0v) is 16.9. The number of carbonyl (C=O) groups excluding carboxylic acids is 2. The first kappa shape index (κ1) is 19.7. The molecule has 28 heavy (non-hydrogen) atoms. The number of rotatable bonds is 6. The monoisotopic (exact) mass is 442 g/mol. The van der Waals surface area contributed by atoms with E-state index in [9.17, 15) is 9.59 Å². The van der Waals surface area contributed by atoms with Gasteiger partial charge in [-0.1, -0.05) is 29.8 Å². The van der Waals surface area contributed by atoms with Gasteiger partial charge in [-0.3, -0.25) is 9.59 Å². The summed E-state index contributed by atoms with van der Waals surface area (Å²) >= 11 is 3.34. The molecule has 2 amide bonds. The molecule has 3 N–H and O–H groups in total. The van der Waals surface area contributed by atoms with Crippen molar-refractivity contribution in [2.75, 3.05) is 5.32 Å². The third-order valence-corrected chi connectivity index (χ3v) is 4.64. The second kappa shape index (κ2) is 8.30. The van der Waals surface area contributed by atoms with Crippen molar-refractivity contribution in [1.82, 2.24) is 20.2 Å². The predicted molar refractivity (Wildman–Crippen MR) is 108 cm³/mol. The Labute approximate surface area is 170 Å². The summed E-state index contributed by atoms with van der Waals surface area (Å²) in [6.45, 7) is 3.72. The minimum atomic E-state index is -0.661. The van der Waals surface area contributed by atoms with Crippen LogP contribution in [0.5, 0.6) is 0 Å². The molecule has 1 atom stereocenters. The van der Waals surface area contributed by atoms with E-state index in [1.54, 1.807) is 36.4 Å². The molecule has 9 heteroatoms. The minimum absolute atomic E-state index is 0.0595. The van der Waals surface area contributed by atoms with E-state index >= 15 is 0 Å². The Morgan fingerprint density at radius 3 is 2.29 bits per heavy atom. The fourth-order valence-corrected chi connectivity index (χ4v) is 2.94. The smallest absolute Gasteiger partial charge is 0.255 e. The highest BCUT2D eigenvalue weighted by molar-refractivity contribution is 9.10. The van der Waals surface area contributed by atoms with E-state index in [1.807, 2.05) is 26.0 Å². The number of tetrazole rings is 1. The summed E-state index contributed by atoms with van der Waals surface area (Å²) in [7, 11) is 0. The number of carbonyl (C=O) groups is 2. The van der Waals surface area contributed by atoms with E-state index in [0.717, 1.165) is 4.47 Å².